The van der Waals surface area contributed by atoms with Gasteiger partial charge in [-0.05, 0) is 6.42 Å². The van der Waals surface area contributed by atoms with Gasteiger partial charge in [-0.2, -0.15) is 0 Å². The molecule has 0 N–H and O–H groups in total. The lowest BCUT2D eigenvalue weighted by molar-refractivity contribution is -0.597. The van der Waals surface area contributed by atoms with Gasteiger partial charge in [0, 0.05) is 12.8 Å². The van der Waals surface area contributed by atoms with Gasteiger partial charge in [0.1, 0.15) is 0 Å². The van der Waals surface area contributed by atoms with Crippen LogP contribution in [0.2, 0.25) is 0 Å². The summed E-state index contributed by atoms with van der Waals surface area (Å²) in [5.41, 5.74) is 0. The van der Waals surface area contributed by atoms with E-state index in [-0.39, 0.29) is 0 Å². The maximum Gasteiger partial charge on any atom is 0.489 e. The highest BCUT2D eigenvalue weighted by atomic mass is 16.5. The van der Waals surface area contributed by atoms with E-state index in [1.54, 1.807) is 4.70 Å². The summed E-state index contributed by atoms with van der Waals surface area (Å²) in [6.45, 7) is 1.77. The van der Waals surface area contributed by atoms with Gasteiger partial charge in [0.05, 0.1) is 12.2 Å². The minimum Gasteiger partial charge on any atom is -0.448 e. The Bertz CT molecular complexity index is 169. The van der Waals surface area contributed by atoms with E-state index in [1.807, 2.05) is 0 Å². The van der Waals surface area contributed by atoms with E-state index in [0.717, 1.165) is 25.9 Å². The van der Waals surface area contributed by atoms with Gasteiger partial charge < -0.3 is 4.74 Å². The first kappa shape index (κ1) is 8.17. The molecule has 1 rings (SSSR count). The van der Waals surface area contributed by atoms with Gasteiger partial charge in [-0.15, -0.1) is 4.70 Å². The molecule has 1 aliphatic heterocycles. The molecular formula is C7H13N2O2+. The molecular weight excluding hydrogens is 144 g/mol. The lowest BCUT2D eigenvalue weighted by atomic mass is 10.2. The summed E-state index contributed by atoms with van der Waals surface area (Å²) in [6, 6.07) is 0. The van der Waals surface area contributed by atoms with Gasteiger partial charge in [0.15, 0.2) is 13.1 Å². The van der Waals surface area contributed by atoms with E-state index in [2.05, 4.69) is 9.85 Å². The highest BCUT2D eigenvalue weighted by Crippen LogP contribution is 2.04. The fourth-order valence-electron chi connectivity index (χ4n) is 1.13. The van der Waals surface area contributed by atoms with Crippen molar-refractivity contribution in [2.24, 2.45) is 5.11 Å². The van der Waals surface area contributed by atoms with Gasteiger partial charge in [-0.25, -0.2) is 4.79 Å². The van der Waals surface area contributed by atoms with Gasteiger partial charge >= 0.3 is 6.09 Å². The second kappa shape index (κ2) is 4.05. The Labute approximate surface area is 65.9 Å². The lowest BCUT2D eigenvalue weighted by Crippen LogP contribution is -2.19. The topological polar surface area (TPSA) is 41.7 Å². The summed E-state index contributed by atoms with van der Waals surface area (Å²) < 4.78 is 6.18. The minimum atomic E-state index is -0.494. The second-order valence-electron chi connectivity index (χ2n) is 2.58. The van der Waals surface area contributed by atoms with E-state index in [4.69, 9.17) is 0 Å². The molecule has 0 saturated carbocycles. The number of carbonyl (C=O) groups is 1. The third-order valence-electron chi connectivity index (χ3n) is 1.73. The Balaban J connectivity index is 2.43. The van der Waals surface area contributed by atoms with Gasteiger partial charge in [0.25, 0.3) is 0 Å². The first-order valence-electron chi connectivity index (χ1n) is 3.87. The van der Waals surface area contributed by atoms with Crippen LogP contribution in [0.4, 0.5) is 4.79 Å². The largest absolute Gasteiger partial charge is 0.489 e. The Morgan fingerprint density at radius 1 is 1.36 bits per heavy atom. The Morgan fingerprint density at radius 2 is 2.00 bits per heavy atom. The number of amides is 1. The summed E-state index contributed by atoms with van der Waals surface area (Å²) in [7, 11) is 1.34. The molecule has 0 bridgehead atoms. The molecule has 0 aromatic carbocycles. The summed E-state index contributed by atoms with van der Waals surface area (Å²) in [4.78, 5) is 10.6. The molecule has 1 fully saturated rings. The van der Waals surface area contributed by atoms with E-state index >= 15 is 0 Å². The van der Waals surface area contributed by atoms with Crippen molar-refractivity contribution >= 4 is 6.09 Å². The molecule has 4 heteroatoms. The van der Waals surface area contributed by atoms with Crippen molar-refractivity contribution in [1.29, 1.82) is 0 Å². The molecule has 62 valence electrons. The zero-order valence-electron chi connectivity index (χ0n) is 6.75. The van der Waals surface area contributed by atoms with E-state index < -0.39 is 6.09 Å². The first-order valence-corrected chi connectivity index (χ1v) is 3.87. The predicted octanol–water partition coefficient (Wildman–Crippen LogP) is 1.40. The van der Waals surface area contributed by atoms with Gasteiger partial charge in [0.2, 0.25) is 0 Å². The lowest BCUT2D eigenvalue weighted by Gasteiger charge is -2.05. The van der Waals surface area contributed by atoms with Crippen LogP contribution in [0.25, 0.3) is 0 Å². The van der Waals surface area contributed by atoms with Crippen LogP contribution < -0.4 is 0 Å². The molecule has 0 aromatic rings. The number of hydrogen-bond donors (Lipinski definition) is 0. The molecule has 0 radical (unpaired) electrons. The number of hydrogen-bond acceptors (Lipinski definition) is 2. The standard InChI is InChI=1S/C7H13N2O2/c1-11-7(10)8-9-5-3-2-4-6-9/h2-6H2,1H3/q+1. The number of carbonyl (C=O) groups excluding carboxylic acids is 1. The molecule has 0 unspecified atom stereocenters. The van der Waals surface area contributed by atoms with Crippen molar-refractivity contribution in [3.05, 3.63) is 0 Å². The number of piperidine rings is 1. The van der Waals surface area contributed by atoms with Crippen molar-refractivity contribution in [2.75, 3.05) is 20.2 Å². The zero-order chi connectivity index (χ0) is 8.10. The molecule has 1 aliphatic rings. The number of methoxy groups -OCH3 is 1. The summed E-state index contributed by atoms with van der Waals surface area (Å²) in [5.74, 6) is 0. The molecule has 1 saturated heterocycles. The maximum absolute atomic E-state index is 10.6. The van der Waals surface area contributed by atoms with E-state index in [9.17, 15) is 4.79 Å². The predicted molar refractivity (Wildman–Crippen MR) is 38.7 cm³/mol. The molecule has 0 atom stereocenters. The summed E-state index contributed by atoms with van der Waals surface area (Å²) >= 11 is 0. The van der Waals surface area contributed by atoms with Crippen molar-refractivity contribution < 1.29 is 14.2 Å². The van der Waals surface area contributed by atoms with Crippen molar-refractivity contribution in [2.45, 2.75) is 19.3 Å². The zero-order valence-corrected chi connectivity index (χ0v) is 6.75. The fraction of sp³-hybridized carbons (Fsp3) is 0.857. The highest BCUT2D eigenvalue weighted by molar-refractivity contribution is 5.66. The van der Waals surface area contributed by atoms with Crippen LogP contribution in [0.15, 0.2) is 5.11 Å². The fourth-order valence-corrected chi connectivity index (χ4v) is 1.13. The monoisotopic (exact) mass is 157 g/mol. The van der Waals surface area contributed by atoms with Crippen LogP contribution in [-0.2, 0) is 4.74 Å². The van der Waals surface area contributed by atoms with Crippen LogP contribution in [0.5, 0.6) is 0 Å². The maximum atomic E-state index is 10.6. The van der Waals surface area contributed by atoms with E-state index in [1.165, 1.54) is 13.5 Å². The van der Waals surface area contributed by atoms with Crippen LogP contribution in [-0.4, -0.2) is 31.0 Å². The van der Waals surface area contributed by atoms with Gasteiger partial charge in [-0.1, -0.05) is 0 Å². The minimum absolute atomic E-state index is 0.494. The second-order valence-corrected chi connectivity index (χ2v) is 2.58. The number of ether oxygens (including phenoxy) is 1. The highest BCUT2D eigenvalue weighted by Gasteiger charge is 2.14. The van der Waals surface area contributed by atoms with Crippen molar-refractivity contribution in [3.8, 4) is 0 Å². The molecule has 0 spiro atoms. The average Bonchev–Trinajstić information content (AvgIpc) is 2.06. The first-order chi connectivity index (χ1) is 5.33. The quantitative estimate of drug-likeness (QED) is 0.499. The summed E-state index contributed by atoms with van der Waals surface area (Å²) in [5, 5.41) is 3.73. The number of rotatable bonds is 0. The van der Waals surface area contributed by atoms with E-state index in [0.29, 0.717) is 0 Å². The normalized spacial score (nSPS) is 17.7. The SMILES string of the molecule is COC(=O)N=[N+]1CCCCC1. The molecule has 1 heterocycles. The van der Waals surface area contributed by atoms with Crippen LogP contribution in [0, 0.1) is 0 Å². The third-order valence-corrected chi connectivity index (χ3v) is 1.73. The van der Waals surface area contributed by atoms with Crippen molar-refractivity contribution in [1.82, 2.24) is 0 Å². The smallest absolute Gasteiger partial charge is 0.448 e. The number of nitrogens with zero attached hydrogens (tertiary/aromatic N) is 2. The molecule has 1 amide bonds. The Kier molecular flexibility index (Phi) is 3.01. The average molecular weight is 157 g/mol. The summed E-state index contributed by atoms with van der Waals surface area (Å²) in [6.07, 6.45) is 3.00. The Hall–Kier alpha value is -0.930. The molecule has 4 nitrogen and oxygen atoms in total. The molecule has 0 aromatic heterocycles. The Morgan fingerprint density at radius 3 is 2.55 bits per heavy atom. The number of azo groups is 2. The van der Waals surface area contributed by atoms with Crippen LogP contribution in [0.1, 0.15) is 19.3 Å². The molecule has 11 heavy (non-hydrogen) atoms. The van der Waals surface area contributed by atoms with Gasteiger partial charge in [-0.3, -0.25) is 0 Å². The van der Waals surface area contributed by atoms with Crippen LogP contribution >= 0.6 is 0 Å². The van der Waals surface area contributed by atoms with Crippen molar-refractivity contribution in [3.63, 3.8) is 0 Å². The molecule has 0 aliphatic carbocycles. The third kappa shape index (κ3) is 2.65. The van der Waals surface area contributed by atoms with Crippen LogP contribution in [0.3, 0.4) is 0 Å².